The summed E-state index contributed by atoms with van der Waals surface area (Å²) in [5.74, 6) is -2.08. The molecule has 1 aliphatic heterocycles. The Morgan fingerprint density at radius 1 is 1.42 bits per heavy atom. The first-order valence-electron chi connectivity index (χ1n) is 5.81. The van der Waals surface area contributed by atoms with Crippen LogP contribution >= 0.6 is 0 Å². The van der Waals surface area contributed by atoms with Crippen LogP contribution in [-0.2, 0) is 14.4 Å². The third-order valence-corrected chi connectivity index (χ3v) is 2.75. The number of amides is 4. The van der Waals surface area contributed by atoms with E-state index in [1.165, 1.54) is 6.92 Å². The minimum absolute atomic E-state index is 0.0771. The first-order chi connectivity index (χ1) is 8.65. The molecule has 0 unspecified atom stereocenters. The third kappa shape index (κ3) is 3.43. The zero-order valence-corrected chi connectivity index (χ0v) is 11.0. The molecule has 0 saturated carbocycles. The number of carbonyl (C=O) groups is 4. The van der Waals surface area contributed by atoms with Gasteiger partial charge in [0.05, 0.1) is 0 Å². The van der Waals surface area contributed by atoms with E-state index in [2.05, 4.69) is 10.6 Å². The summed E-state index contributed by atoms with van der Waals surface area (Å²) < 4.78 is 0. The van der Waals surface area contributed by atoms with Gasteiger partial charge in [-0.3, -0.25) is 19.3 Å². The van der Waals surface area contributed by atoms with Crippen molar-refractivity contribution in [1.29, 1.82) is 0 Å². The van der Waals surface area contributed by atoms with Crippen LogP contribution in [0.4, 0.5) is 4.79 Å². The molecule has 0 aliphatic carbocycles. The van der Waals surface area contributed by atoms with Crippen LogP contribution in [0.25, 0.3) is 0 Å². The molecule has 1 atom stereocenters. The second kappa shape index (κ2) is 5.25. The molecule has 1 saturated heterocycles. The smallest absolute Gasteiger partial charge is 0.325 e. The Morgan fingerprint density at radius 3 is 2.42 bits per heavy atom. The molecule has 8 heteroatoms. The Bertz CT molecular complexity index is 432. The van der Waals surface area contributed by atoms with E-state index in [0.29, 0.717) is 0 Å². The molecular weight excluding hydrogens is 254 g/mol. The van der Waals surface area contributed by atoms with E-state index in [4.69, 9.17) is 5.11 Å². The molecular formula is C11H17N3O5. The van der Waals surface area contributed by atoms with E-state index in [1.54, 1.807) is 13.8 Å². The van der Waals surface area contributed by atoms with Gasteiger partial charge in [-0.1, -0.05) is 0 Å². The standard InChI is InChI=1S/C11H17N3O5/c1-6(8(16)17)12-7(15)4-5-14-9(18)11(2,3)13-10(14)19/h6H,4-5H2,1-3H3,(H,12,15)(H,13,19)(H,16,17)/t6-/m0/s1. The minimum Gasteiger partial charge on any atom is -0.480 e. The van der Waals surface area contributed by atoms with Crippen LogP contribution in [0.2, 0.25) is 0 Å². The van der Waals surface area contributed by atoms with Gasteiger partial charge in [-0.05, 0) is 20.8 Å². The molecule has 19 heavy (non-hydrogen) atoms. The number of hydrogen-bond donors (Lipinski definition) is 3. The summed E-state index contributed by atoms with van der Waals surface area (Å²) in [6.07, 6.45) is -0.132. The minimum atomic E-state index is -1.15. The Morgan fingerprint density at radius 2 is 2.00 bits per heavy atom. The van der Waals surface area contributed by atoms with Crippen LogP contribution in [0.3, 0.4) is 0 Å². The van der Waals surface area contributed by atoms with Crippen molar-refractivity contribution in [3.8, 4) is 0 Å². The number of nitrogens with zero attached hydrogens (tertiary/aromatic N) is 1. The normalized spacial score (nSPS) is 19.0. The van der Waals surface area contributed by atoms with Crippen LogP contribution in [0.5, 0.6) is 0 Å². The molecule has 3 N–H and O–H groups in total. The Hall–Kier alpha value is -2.12. The fourth-order valence-electron chi connectivity index (χ4n) is 1.61. The maximum absolute atomic E-state index is 11.8. The fourth-order valence-corrected chi connectivity index (χ4v) is 1.61. The highest BCUT2D eigenvalue weighted by Gasteiger charge is 2.43. The fraction of sp³-hybridized carbons (Fsp3) is 0.636. The van der Waals surface area contributed by atoms with Gasteiger partial charge in [-0.15, -0.1) is 0 Å². The lowest BCUT2D eigenvalue weighted by Crippen LogP contribution is -2.42. The average molecular weight is 271 g/mol. The van der Waals surface area contributed by atoms with Crippen LogP contribution < -0.4 is 10.6 Å². The summed E-state index contributed by atoms with van der Waals surface area (Å²) in [7, 11) is 0. The number of nitrogens with one attached hydrogen (secondary N) is 2. The van der Waals surface area contributed by atoms with Crippen molar-refractivity contribution in [3.05, 3.63) is 0 Å². The zero-order valence-electron chi connectivity index (χ0n) is 11.0. The quantitative estimate of drug-likeness (QED) is 0.572. The lowest BCUT2D eigenvalue weighted by molar-refractivity contribution is -0.141. The van der Waals surface area contributed by atoms with Crippen LogP contribution in [0, 0.1) is 0 Å². The number of aliphatic carboxylic acids is 1. The van der Waals surface area contributed by atoms with Gasteiger partial charge in [-0.2, -0.15) is 0 Å². The number of rotatable bonds is 5. The van der Waals surface area contributed by atoms with E-state index in [9.17, 15) is 19.2 Å². The molecule has 4 amide bonds. The van der Waals surface area contributed by atoms with E-state index in [0.717, 1.165) is 4.90 Å². The summed E-state index contributed by atoms with van der Waals surface area (Å²) in [6.45, 7) is 4.39. The van der Waals surface area contributed by atoms with Gasteiger partial charge in [0.25, 0.3) is 5.91 Å². The summed E-state index contributed by atoms with van der Waals surface area (Å²) in [5.41, 5.74) is -0.970. The summed E-state index contributed by atoms with van der Waals surface area (Å²) in [6, 6.07) is -1.55. The summed E-state index contributed by atoms with van der Waals surface area (Å²) >= 11 is 0. The number of carboxylic acid groups (broad SMARTS) is 1. The summed E-state index contributed by atoms with van der Waals surface area (Å²) in [4.78, 5) is 46.2. The van der Waals surface area contributed by atoms with Crippen molar-refractivity contribution in [1.82, 2.24) is 15.5 Å². The monoisotopic (exact) mass is 271 g/mol. The van der Waals surface area contributed by atoms with Crippen molar-refractivity contribution in [3.63, 3.8) is 0 Å². The number of hydrogen-bond acceptors (Lipinski definition) is 4. The van der Waals surface area contributed by atoms with Crippen LogP contribution in [0.1, 0.15) is 27.2 Å². The van der Waals surface area contributed by atoms with Gasteiger partial charge in [0.15, 0.2) is 0 Å². The molecule has 1 heterocycles. The largest absolute Gasteiger partial charge is 0.480 e. The van der Waals surface area contributed by atoms with Gasteiger partial charge >= 0.3 is 12.0 Å². The third-order valence-electron chi connectivity index (χ3n) is 2.75. The highest BCUT2D eigenvalue weighted by atomic mass is 16.4. The van der Waals surface area contributed by atoms with E-state index < -0.39 is 35.4 Å². The molecule has 106 valence electrons. The molecule has 1 aliphatic rings. The SMILES string of the molecule is C[C@H](NC(=O)CCN1C(=O)NC(C)(C)C1=O)C(=O)O. The first-order valence-corrected chi connectivity index (χ1v) is 5.81. The lowest BCUT2D eigenvalue weighted by Gasteiger charge is -2.16. The van der Waals surface area contributed by atoms with E-state index in [1.807, 2.05) is 0 Å². The van der Waals surface area contributed by atoms with Gasteiger partial charge in [0, 0.05) is 13.0 Å². The second-order valence-corrected chi connectivity index (χ2v) is 4.89. The summed E-state index contributed by atoms with van der Waals surface area (Å²) in [5, 5.41) is 13.4. The Labute approximate surface area is 110 Å². The average Bonchev–Trinajstić information content (AvgIpc) is 2.46. The van der Waals surface area contributed by atoms with Crippen LogP contribution in [-0.4, -0.2) is 51.9 Å². The molecule has 8 nitrogen and oxygen atoms in total. The lowest BCUT2D eigenvalue weighted by atomic mass is 10.1. The maximum atomic E-state index is 11.8. The van der Waals surface area contributed by atoms with Crippen LogP contribution in [0.15, 0.2) is 0 Å². The number of urea groups is 1. The predicted octanol–water partition coefficient (Wildman–Crippen LogP) is -0.704. The number of carboxylic acids is 1. The topological polar surface area (TPSA) is 116 Å². The molecule has 0 radical (unpaired) electrons. The highest BCUT2D eigenvalue weighted by molar-refractivity contribution is 6.06. The van der Waals surface area contributed by atoms with Crippen molar-refractivity contribution in [2.45, 2.75) is 38.8 Å². The van der Waals surface area contributed by atoms with Gasteiger partial charge in [-0.25, -0.2) is 4.79 Å². The molecule has 1 rings (SSSR count). The van der Waals surface area contributed by atoms with Gasteiger partial charge in [0.2, 0.25) is 5.91 Å². The van der Waals surface area contributed by atoms with Crippen molar-refractivity contribution in [2.75, 3.05) is 6.54 Å². The molecule has 0 aromatic carbocycles. The first kappa shape index (κ1) is 14.9. The second-order valence-electron chi connectivity index (χ2n) is 4.89. The maximum Gasteiger partial charge on any atom is 0.325 e. The van der Waals surface area contributed by atoms with E-state index in [-0.39, 0.29) is 13.0 Å². The predicted molar refractivity (Wildman–Crippen MR) is 64.2 cm³/mol. The molecule has 0 aromatic heterocycles. The van der Waals surface area contributed by atoms with Crippen molar-refractivity contribution >= 4 is 23.8 Å². The van der Waals surface area contributed by atoms with Crippen molar-refractivity contribution in [2.24, 2.45) is 0 Å². The van der Waals surface area contributed by atoms with E-state index >= 15 is 0 Å². The highest BCUT2D eigenvalue weighted by Crippen LogP contribution is 2.16. The van der Waals surface area contributed by atoms with Gasteiger partial charge in [0.1, 0.15) is 11.6 Å². The molecule has 0 aromatic rings. The Balaban J connectivity index is 2.49. The number of imide groups is 1. The Kier molecular flexibility index (Phi) is 4.13. The van der Waals surface area contributed by atoms with Crippen molar-refractivity contribution < 1.29 is 24.3 Å². The molecule has 0 spiro atoms. The molecule has 0 bridgehead atoms. The molecule has 1 fully saturated rings. The van der Waals surface area contributed by atoms with Gasteiger partial charge < -0.3 is 15.7 Å². The zero-order chi connectivity index (χ0) is 14.8. The number of carbonyl (C=O) groups excluding carboxylic acids is 3.